The van der Waals surface area contributed by atoms with Crippen LogP contribution in [-0.2, 0) is 16.1 Å². The number of amides is 2. The molecule has 2 heterocycles. The standard InChI is InChI=1S/C21H29N3O2/c25-19-6-5-15-24(19)18-9-7-17(8-10-18)16-22-20(26)21(11-1-2-12-21)23-13-3-4-14-23/h7-10H,1-6,11-16H2,(H,22,26). The molecular formula is C21H29N3O2. The van der Waals surface area contributed by atoms with Gasteiger partial charge in [-0.25, -0.2) is 0 Å². The van der Waals surface area contributed by atoms with Crippen LogP contribution in [0.3, 0.4) is 0 Å². The van der Waals surface area contributed by atoms with Crippen molar-refractivity contribution in [2.75, 3.05) is 24.5 Å². The highest BCUT2D eigenvalue weighted by Crippen LogP contribution is 2.37. The van der Waals surface area contributed by atoms with Gasteiger partial charge in [-0.3, -0.25) is 14.5 Å². The molecule has 4 rings (SSSR count). The zero-order valence-corrected chi connectivity index (χ0v) is 15.5. The Bertz CT molecular complexity index is 658. The molecule has 0 atom stereocenters. The topological polar surface area (TPSA) is 52.7 Å². The molecule has 2 saturated heterocycles. The molecule has 0 bridgehead atoms. The van der Waals surface area contributed by atoms with Gasteiger partial charge in [0.15, 0.2) is 0 Å². The van der Waals surface area contributed by atoms with Crippen molar-refractivity contribution in [2.24, 2.45) is 0 Å². The molecule has 0 radical (unpaired) electrons. The quantitative estimate of drug-likeness (QED) is 0.884. The van der Waals surface area contributed by atoms with E-state index in [2.05, 4.69) is 10.2 Å². The molecule has 5 nitrogen and oxygen atoms in total. The second kappa shape index (κ2) is 7.39. The minimum absolute atomic E-state index is 0.204. The van der Waals surface area contributed by atoms with Crippen molar-refractivity contribution in [1.29, 1.82) is 0 Å². The molecule has 2 aliphatic heterocycles. The number of nitrogens with one attached hydrogen (secondary N) is 1. The van der Waals surface area contributed by atoms with Crippen molar-refractivity contribution < 1.29 is 9.59 Å². The van der Waals surface area contributed by atoms with E-state index in [0.29, 0.717) is 13.0 Å². The summed E-state index contributed by atoms with van der Waals surface area (Å²) >= 11 is 0. The summed E-state index contributed by atoms with van der Waals surface area (Å²) in [5.41, 5.74) is 1.79. The van der Waals surface area contributed by atoms with E-state index in [0.717, 1.165) is 63.0 Å². The molecule has 0 aromatic heterocycles. The molecule has 0 unspecified atom stereocenters. The van der Waals surface area contributed by atoms with Crippen LogP contribution < -0.4 is 10.2 Å². The van der Waals surface area contributed by atoms with Gasteiger partial charge in [0.25, 0.3) is 0 Å². The van der Waals surface area contributed by atoms with Crippen LogP contribution in [0.2, 0.25) is 0 Å². The third-order valence-electron chi connectivity index (χ3n) is 6.34. The van der Waals surface area contributed by atoms with E-state index in [1.807, 2.05) is 29.2 Å². The Labute approximate surface area is 155 Å². The van der Waals surface area contributed by atoms with E-state index in [4.69, 9.17) is 0 Å². The minimum atomic E-state index is -0.265. The maximum absolute atomic E-state index is 13.0. The lowest BCUT2D eigenvalue weighted by Gasteiger charge is -2.37. The van der Waals surface area contributed by atoms with Crippen LogP contribution in [-0.4, -0.2) is 41.9 Å². The van der Waals surface area contributed by atoms with E-state index in [1.54, 1.807) is 0 Å². The van der Waals surface area contributed by atoms with Crippen LogP contribution in [0.5, 0.6) is 0 Å². The average Bonchev–Trinajstić information content (AvgIpc) is 3.41. The lowest BCUT2D eigenvalue weighted by Crippen LogP contribution is -2.56. The predicted molar refractivity (Wildman–Crippen MR) is 102 cm³/mol. The van der Waals surface area contributed by atoms with Crippen LogP contribution in [0.25, 0.3) is 0 Å². The minimum Gasteiger partial charge on any atom is -0.350 e. The van der Waals surface area contributed by atoms with Crippen molar-refractivity contribution in [3.8, 4) is 0 Å². The number of likely N-dealkylation sites (tertiary alicyclic amines) is 1. The van der Waals surface area contributed by atoms with Crippen molar-refractivity contribution in [1.82, 2.24) is 10.2 Å². The summed E-state index contributed by atoms with van der Waals surface area (Å²) in [5, 5.41) is 3.20. The summed E-state index contributed by atoms with van der Waals surface area (Å²) in [6.45, 7) is 3.49. The molecule has 0 spiro atoms. The molecule has 5 heteroatoms. The molecule has 1 N–H and O–H groups in total. The predicted octanol–water partition coefficient (Wildman–Crippen LogP) is 2.84. The third kappa shape index (κ3) is 3.25. The van der Waals surface area contributed by atoms with E-state index in [9.17, 15) is 9.59 Å². The Morgan fingerprint density at radius 1 is 0.962 bits per heavy atom. The third-order valence-corrected chi connectivity index (χ3v) is 6.34. The fourth-order valence-corrected chi connectivity index (χ4v) is 4.85. The molecule has 26 heavy (non-hydrogen) atoms. The molecule has 1 aliphatic carbocycles. The molecule has 1 saturated carbocycles. The van der Waals surface area contributed by atoms with Gasteiger partial charge in [0.05, 0.1) is 0 Å². The van der Waals surface area contributed by atoms with Gasteiger partial charge in [0.2, 0.25) is 11.8 Å². The highest BCUT2D eigenvalue weighted by Gasteiger charge is 2.46. The summed E-state index contributed by atoms with van der Waals surface area (Å²) in [4.78, 5) is 29.2. The molecular weight excluding hydrogens is 326 g/mol. The fourth-order valence-electron chi connectivity index (χ4n) is 4.85. The number of nitrogens with zero attached hydrogens (tertiary/aromatic N) is 2. The Balaban J connectivity index is 1.38. The summed E-state index contributed by atoms with van der Waals surface area (Å²) in [7, 11) is 0. The lowest BCUT2D eigenvalue weighted by atomic mass is 9.94. The van der Waals surface area contributed by atoms with Gasteiger partial charge >= 0.3 is 0 Å². The Morgan fingerprint density at radius 2 is 1.65 bits per heavy atom. The molecule has 140 valence electrons. The summed E-state index contributed by atoms with van der Waals surface area (Å²) in [5.74, 6) is 0.413. The lowest BCUT2D eigenvalue weighted by molar-refractivity contribution is -0.133. The van der Waals surface area contributed by atoms with Crippen LogP contribution in [0, 0.1) is 0 Å². The maximum atomic E-state index is 13.0. The van der Waals surface area contributed by atoms with Crippen LogP contribution in [0.4, 0.5) is 5.69 Å². The molecule has 3 fully saturated rings. The number of rotatable bonds is 5. The summed E-state index contributed by atoms with van der Waals surface area (Å²) in [6.07, 6.45) is 8.32. The van der Waals surface area contributed by atoms with Crippen molar-refractivity contribution in [2.45, 2.75) is 63.5 Å². The highest BCUT2D eigenvalue weighted by molar-refractivity contribution is 5.95. The van der Waals surface area contributed by atoms with Gasteiger partial charge in [-0.15, -0.1) is 0 Å². The van der Waals surface area contributed by atoms with Gasteiger partial charge in [0, 0.05) is 25.2 Å². The summed E-state index contributed by atoms with van der Waals surface area (Å²) < 4.78 is 0. The van der Waals surface area contributed by atoms with E-state index >= 15 is 0 Å². The molecule has 2 amide bonds. The largest absolute Gasteiger partial charge is 0.350 e. The number of anilines is 1. The fraction of sp³-hybridized carbons (Fsp3) is 0.619. The first-order valence-corrected chi connectivity index (χ1v) is 10.1. The second-order valence-electron chi connectivity index (χ2n) is 7.93. The smallest absolute Gasteiger partial charge is 0.240 e. The Hall–Kier alpha value is -1.88. The Kier molecular flexibility index (Phi) is 4.98. The van der Waals surface area contributed by atoms with Crippen molar-refractivity contribution >= 4 is 17.5 Å². The first-order chi connectivity index (χ1) is 12.7. The maximum Gasteiger partial charge on any atom is 0.240 e. The van der Waals surface area contributed by atoms with Gasteiger partial charge in [-0.05, 0) is 62.9 Å². The number of carbonyl (C=O) groups excluding carboxylic acids is 2. The van der Waals surface area contributed by atoms with Gasteiger partial charge in [-0.1, -0.05) is 25.0 Å². The van der Waals surface area contributed by atoms with Gasteiger partial charge in [0.1, 0.15) is 5.54 Å². The van der Waals surface area contributed by atoms with Gasteiger partial charge in [-0.2, -0.15) is 0 Å². The van der Waals surface area contributed by atoms with Gasteiger partial charge < -0.3 is 10.2 Å². The zero-order chi connectivity index (χ0) is 18.0. The second-order valence-corrected chi connectivity index (χ2v) is 7.93. The Morgan fingerprint density at radius 3 is 2.27 bits per heavy atom. The van der Waals surface area contributed by atoms with Crippen molar-refractivity contribution in [3.05, 3.63) is 29.8 Å². The first-order valence-electron chi connectivity index (χ1n) is 10.1. The number of carbonyl (C=O) groups is 2. The van der Waals surface area contributed by atoms with Crippen LogP contribution in [0.1, 0.15) is 56.9 Å². The average molecular weight is 355 g/mol. The first kappa shape index (κ1) is 17.5. The zero-order valence-electron chi connectivity index (χ0n) is 15.5. The van der Waals surface area contributed by atoms with E-state index in [1.165, 1.54) is 12.8 Å². The molecule has 1 aromatic carbocycles. The highest BCUT2D eigenvalue weighted by atomic mass is 16.2. The van der Waals surface area contributed by atoms with E-state index < -0.39 is 0 Å². The summed E-state index contributed by atoms with van der Waals surface area (Å²) in [6, 6.07) is 8.05. The number of hydrogen-bond donors (Lipinski definition) is 1. The number of benzene rings is 1. The molecule has 3 aliphatic rings. The van der Waals surface area contributed by atoms with Crippen LogP contribution >= 0.6 is 0 Å². The van der Waals surface area contributed by atoms with Crippen LogP contribution in [0.15, 0.2) is 24.3 Å². The SMILES string of the molecule is O=C1CCCN1c1ccc(CNC(=O)C2(N3CCCC3)CCCC2)cc1. The molecule has 1 aromatic rings. The number of hydrogen-bond acceptors (Lipinski definition) is 3. The van der Waals surface area contributed by atoms with Crippen molar-refractivity contribution in [3.63, 3.8) is 0 Å². The van der Waals surface area contributed by atoms with E-state index in [-0.39, 0.29) is 17.4 Å². The normalized spacial score (nSPS) is 22.9. The monoisotopic (exact) mass is 355 g/mol.